The summed E-state index contributed by atoms with van der Waals surface area (Å²) in [6.45, 7) is 0.477. The number of anilines is 1. The molecule has 2 aromatic rings. The molecule has 0 aliphatic heterocycles. The predicted octanol–water partition coefficient (Wildman–Crippen LogP) is 2.39. The van der Waals surface area contributed by atoms with E-state index in [1.807, 2.05) is 6.07 Å². The molecule has 0 fully saturated rings. The van der Waals surface area contributed by atoms with E-state index < -0.39 is 25.1 Å². The van der Waals surface area contributed by atoms with Crippen molar-refractivity contribution < 1.29 is 28.6 Å². The molecule has 1 aromatic heterocycles. The van der Waals surface area contributed by atoms with Crippen LogP contribution in [0.5, 0.6) is 11.5 Å². The van der Waals surface area contributed by atoms with E-state index in [-0.39, 0.29) is 11.5 Å². The molecule has 1 amide bonds. The van der Waals surface area contributed by atoms with Gasteiger partial charge >= 0.3 is 5.97 Å². The lowest BCUT2D eigenvalue weighted by Crippen LogP contribution is -2.23. The second-order valence-electron chi connectivity index (χ2n) is 5.19. The highest BCUT2D eigenvalue weighted by atomic mass is 32.1. The molecule has 140 valence electrons. The van der Waals surface area contributed by atoms with Crippen LogP contribution in [0.1, 0.15) is 22.8 Å². The van der Waals surface area contributed by atoms with Gasteiger partial charge in [-0.1, -0.05) is 0 Å². The average Bonchev–Trinajstić information content (AvgIpc) is 3.11. The van der Waals surface area contributed by atoms with E-state index in [9.17, 15) is 14.4 Å². The summed E-state index contributed by atoms with van der Waals surface area (Å²) in [5.74, 6) is -0.882. The van der Waals surface area contributed by atoms with Crippen LogP contribution in [0.15, 0.2) is 29.6 Å². The highest BCUT2D eigenvalue weighted by Gasteiger charge is 2.13. The average molecular weight is 388 g/mol. The number of hydrogen-bond acceptors (Lipinski definition) is 8. The SMILES string of the molecule is COc1cc(C(C)=O)ccc1OCC(=O)OCC(=O)Nc1sccc1C#N. The summed E-state index contributed by atoms with van der Waals surface area (Å²) in [4.78, 5) is 34.9. The monoisotopic (exact) mass is 388 g/mol. The summed E-state index contributed by atoms with van der Waals surface area (Å²) in [7, 11) is 1.41. The molecule has 1 N–H and O–H groups in total. The molecule has 1 aromatic carbocycles. The molecule has 0 saturated carbocycles. The third-order valence-electron chi connectivity index (χ3n) is 3.32. The van der Waals surface area contributed by atoms with Crippen molar-refractivity contribution in [3.8, 4) is 17.6 Å². The van der Waals surface area contributed by atoms with Gasteiger partial charge in [0.2, 0.25) is 0 Å². The zero-order valence-electron chi connectivity index (χ0n) is 14.6. The lowest BCUT2D eigenvalue weighted by atomic mass is 10.1. The van der Waals surface area contributed by atoms with Crippen LogP contribution in [0, 0.1) is 11.3 Å². The van der Waals surface area contributed by atoms with Gasteiger partial charge in [-0.25, -0.2) is 4.79 Å². The lowest BCUT2D eigenvalue weighted by Gasteiger charge is -2.11. The second-order valence-corrected chi connectivity index (χ2v) is 6.11. The molecule has 0 unspecified atom stereocenters. The number of nitrogens with zero attached hydrogens (tertiary/aromatic N) is 1. The molecule has 2 rings (SSSR count). The Morgan fingerprint density at radius 2 is 1.96 bits per heavy atom. The normalized spacial score (nSPS) is 9.81. The molecule has 0 bridgehead atoms. The first-order chi connectivity index (χ1) is 12.9. The van der Waals surface area contributed by atoms with E-state index in [2.05, 4.69) is 5.32 Å². The summed E-state index contributed by atoms with van der Waals surface area (Å²) in [5, 5.41) is 13.4. The fourth-order valence-corrected chi connectivity index (χ4v) is 2.74. The van der Waals surface area contributed by atoms with E-state index in [1.165, 1.54) is 37.5 Å². The van der Waals surface area contributed by atoms with E-state index in [4.69, 9.17) is 19.5 Å². The van der Waals surface area contributed by atoms with Gasteiger partial charge in [0, 0.05) is 5.56 Å². The van der Waals surface area contributed by atoms with Crippen molar-refractivity contribution in [1.29, 1.82) is 5.26 Å². The summed E-state index contributed by atoms with van der Waals surface area (Å²) >= 11 is 1.19. The minimum Gasteiger partial charge on any atom is -0.493 e. The van der Waals surface area contributed by atoms with Gasteiger partial charge in [-0.3, -0.25) is 9.59 Å². The maximum Gasteiger partial charge on any atom is 0.344 e. The zero-order valence-corrected chi connectivity index (χ0v) is 15.4. The maximum absolute atomic E-state index is 11.8. The Morgan fingerprint density at radius 1 is 1.19 bits per heavy atom. The number of hydrogen-bond donors (Lipinski definition) is 1. The van der Waals surface area contributed by atoms with Crippen molar-refractivity contribution in [2.24, 2.45) is 0 Å². The first kappa shape index (κ1) is 19.9. The first-order valence-corrected chi connectivity index (χ1v) is 8.57. The van der Waals surface area contributed by atoms with Crippen molar-refractivity contribution in [2.75, 3.05) is 25.6 Å². The summed E-state index contributed by atoms with van der Waals surface area (Å²) in [6, 6.07) is 8.08. The molecule has 0 saturated heterocycles. The summed E-state index contributed by atoms with van der Waals surface area (Å²) in [6.07, 6.45) is 0. The van der Waals surface area contributed by atoms with E-state index in [0.717, 1.165) is 0 Å². The fraction of sp³-hybridized carbons (Fsp3) is 0.222. The summed E-state index contributed by atoms with van der Waals surface area (Å²) < 4.78 is 15.3. The Labute approximate surface area is 159 Å². The van der Waals surface area contributed by atoms with Gasteiger partial charge in [-0.2, -0.15) is 5.26 Å². The predicted molar refractivity (Wildman–Crippen MR) is 97.1 cm³/mol. The van der Waals surface area contributed by atoms with E-state index in [1.54, 1.807) is 17.5 Å². The molecule has 0 spiro atoms. The van der Waals surface area contributed by atoms with Crippen LogP contribution in [0.4, 0.5) is 5.00 Å². The van der Waals surface area contributed by atoms with Crippen molar-refractivity contribution in [1.82, 2.24) is 0 Å². The smallest absolute Gasteiger partial charge is 0.344 e. The third-order valence-corrected chi connectivity index (χ3v) is 4.15. The minimum absolute atomic E-state index is 0.129. The van der Waals surface area contributed by atoms with E-state index in [0.29, 0.717) is 21.9 Å². The van der Waals surface area contributed by atoms with Crippen LogP contribution in [0.2, 0.25) is 0 Å². The Hall–Kier alpha value is -3.38. The van der Waals surface area contributed by atoms with Crippen LogP contribution in [0.25, 0.3) is 0 Å². The number of thiophene rings is 1. The minimum atomic E-state index is -0.755. The van der Waals surface area contributed by atoms with Crippen LogP contribution < -0.4 is 14.8 Å². The van der Waals surface area contributed by atoms with Crippen molar-refractivity contribution in [3.05, 3.63) is 40.8 Å². The van der Waals surface area contributed by atoms with Gasteiger partial charge in [0.05, 0.1) is 12.7 Å². The molecule has 9 heteroatoms. The maximum atomic E-state index is 11.8. The van der Waals surface area contributed by atoms with Gasteiger partial charge < -0.3 is 19.5 Å². The number of rotatable bonds is 8. The number of nitriles is 1. The Balaban J connectivity index is 1.83. The molecule has 1 heterocycles. The number of esters is 1. The molecule has 0 atom stereocenters. The molecule has 8 nitrogen and oxygen atoms in total. The largest absolute Gasteiger partial charge is 0.493 e. The summed E-state index contributed by atoms with van der Waals surface area (Å²) in [5.41, 5.74) is 0.785. The number of amides is 1. The quantitative estimate of drug-likeness (QED) is 0.545. The van der Waals surface area contributed by atoms with Crippen LogP contribution in [-0.4, -0.2) is 38.0 Å². The van der Waals surface area contributed by atoms with Gasteiger partial charge in [0.15, 0.2) is 30.5 Å². The van der Waals surface area contributed by atoms with Gasteiger partial charge in [-0.05, 0) is 36.6 Å². The number of ether oxygens (including phenoxy) is 3. The molecule has 0 aliphatic rings. The first-order valence-electron chi connectivity index (χ1n) is 7.69. The molecule has 0 aliphatic carbocycles. The number of benzene rings is 1. The second kappa shape index (κ2) is 9.35. The van der Waals surface area contributed by atoms with Crippen molar-refractivity contribution in [3.63, 3.8) is 0 Å². The van der Waals surface area contributed by atoms with Crippen molar-refractivity contribution in [2.45, 2.75) is 6.92 Å². The number of nitrogens with one attached hydrogen (secondary N) is 1. The van der Waals surface area contributed by atoms with Crippen LogP contribution in [-0.2, 0) is 14.3 Å². The van der Waals surface area contributed by atoms with Crippen LogP contribution >= 0.6 is 11.3 Å². The van der Waals surface area contributed by atoms with Crippen molar-refractivity contribution >= 4 is 34.0 Å². The van der Waals surface area contributed by atoms with E-state index >= 15 is 0 Å². The molecular weight excluding hydrogens is 372 g/mol. The lowest BCUT2D eigenvalue weighted by molar-refractivity contribution is -0.149. The van der Waals surface area contributed by atoms with Crippen LogP contribution in [0.3, 0.4) is 0 Å². The highest BCUT2D eigenvalue weighted by Crippen LogP contribution is 2.28. The van der Waals surface area contributed by atoms with Gasteiger partial charge in [0.25, 0.3) is 5.91 Å². The van der Waals surface area contributed by atoms with Gasteiger partial charge in [0.1, 0.15) is 11.1 Å². The Morgan fingerprint density at radius 3 is 2.63 bits per heavy atom. The van der Waals surface area contributed by atoms with Gasteiger partial charge in [-0.15, -0.1) is 11.3 Å². The number of methoxy groups -OCH3 is 1. The molecule has 27 heavy (non-hydrogen) atoms. The molecular formula is C18H16N2O6S. The topological polar surface area (TPSA) is 115 Å². The molecule has 0 radical (unpaired) electrons. The standard InChI is InChI=1S/C18H16N2O6S/c1-11(21)12-3-4-14(15(7-12)24-2)25-10-17(23)26-9-16(22)20-18-13(8-19)5-6-27-18/h3-7H,9-10H2,1-2H3,(H,20,22). The fourth-order valence-electron chi connectivity index (χ4n) is 1.99. The third kappa shape index (κ3) is 5.55. The zero-order chi connectivity index (χ0) is 19.8. The highest BCUT2D eigenvalue weighted by molar-refractivity contribution is 7.14. The number of Topliss-reactive ketones (excluding diaryl/α,β-unsaturated/α-hetero) is 1. The Kier molecular flexibility index (Phi) is 6.91. The number of carbonyl (C=O) groups is 3. The number of ketones is 1. The number of carbonyl (C=O) groups excluding carboxylic acids is 3. The Bertz CT molecular complexity index is 899.